The van der Waals surface area contributed by atoms with Crippen molar-refractivity contribution in [2.45, 2.75) is 13.8 Å². The molecule has 0 aromatic carbocycles. The van der Waals surface area contributed by atoms with Gasteiger partial charge in [0.1, 0.15) is 5.56 Å². The summed E-state index contributed by atoms with van der Waals surface area (Å²) < 4.78 is 5.21. The molecule has 0 aliphatic heterocycles. The van der Waals surface area contributed by atoms with Gasteiger partial charge in [-0.25, -0.2) is 4.79 Å². The molecule has 0 saturated heterocycles. The van der Waals surface area contributed by atoms with E-state index in [0.717, 1.165) is 0 Å². The maximum absolute atomic E-state index is 10.7. The van der Waals surface area contributed by atoms with E-state index in [9.17, 15) is 4.79 Å². The number of hydrogen-bond acceptors (Lipinski definition) is 4. The van der Waals surface area contributed by atoms with Crippen LogP contribution in [0, 0.1) is 5.92 Å². The molecular formula is C9H12N2O3. The maximum Gasteiger partial charge on any atom is 0.341 e. The number of hydrogen-bond donors (Lipinski definition) is 1. The van der Waals surface area contributed by atoms with Gasteiger partial charge < -0.3 is 9.84 Å². The van der Waals surface area contributed by atoms with Crippen LogP contribution in [0.15, 0.2) is 12.3 Å². The maximum atomic E-state index is 10.7. The van der Waals surface area contributed by atoms with Crippen LogP contribution < -0.4 is 4.74 Å². The summed E-state index contributed by atoms with van der Waals surface area (Å²) in [5.41, 5.74) is 0.0423. The van der Waals surface area contributed by atoms with Crippen LogP contribution in [0.5, 0.6) is 5.88 Å². The minimum atomic E-state index is -1.06. The van der Waals surface area contributed by atoms with Gasteiger partial charge in [0.25, 0.3) is 0 Å². The lowest BCUT2D eigenvalue weighted by atomic mass is 10.2. The van der Waals surface area contributed by atoms with Gasteiger partial charge in [0, 0.05) is 0 Å². The smallest absolute Gasteiger partial charge is 0.341 e. The Morgan fingerprint density at radius 1 is 1.64 bits per heavy atom. The van der Waals surface area contributed by atoms with Gasteiger partial charge in [-0.15, -0.1) is 5.10 Å². The zero-order valence-electron chi connectivity index (χ0n) is 8.10. The molecule has 0 amide bonds. The van der Waals surface area contributed by atoms with Crippen LogP contribution in [0.3, 0.4) is 0 Å². The highest BCUT2D eigenvalue weighted by Crippen LogP contribution is 2.13. The summed E-state index contributed by atoms with van der Waals surface area (Å²) in [6.07, 6.45) is 1.33. The molecule has 1 heterocycles. The molecule has 1 aromatic rings. The zero-order chi connectivity index (χ0) is 10.6. The standard InChI is InChI=1S/C9H12N2O3/c1-6(2)5-14-8-7(9(12)13)3-4-10-11-8/h3-4,6H,5H2,1-2H3,(H,12,13). The Morgan fingerprint density at radius 2 is 2.36 bits per heavy atom. The molecular weight excluding hydrogens is 184 g/mol. The second-order valence-corrected chi connectivity index (χ2v) is 3.26. The van der Waals surface area contributed by atoms with Gasteiger partial charge in [0.05, 0.1) is 12.8 Å². The molecule has 0 unspecified atom stereocenters. The van der Waals surface area contributed by atoms with Crippen molar-refractivity contribution < 1.29 is 14.6 Å². The number of nitrogens with zero attached hydrogens (tertiary/aromatic N) is 2. The molecule has 1 N–H and O–H groups in total. The first-order chi connectivity index (χ1) is 6.61. The van der Waals surface area contributed by atoms with Crippen molar-refractivity contribution in [2.24, 2.45) is 5.92 Å². The molecule has 0 bridgehead atoms. The van der Waals surface area contributed by atoms with Crippen molar-refractivity contribution in [3.05, 3.63) is 17.8 Å². The third-order valence-corrected chi connectivity index (χ3v) is 1.47. The lowest BCUT2D eigenvalue weighted by molar-refractivity contribution is 0.0689. The van der Waals surface area contributed by atoms with Gasteiger partial charge in [-0.2, -0.15) is 5.10 Å². The topological polar surface area (TPSA) is 72.3 Å². The molecule has 5 nitrogen and oxygen atoms in total. The Hall–Kier alpha value is -1.65. The lowest BCUT2D eigenvalue weighted by Gasteiger charge is -2.08. The third-order valence-electron chi connectivity index (χ3n) is 1.47. The molecule has 14 heavy (non-hydrogen) atoms. The van der Waals surface area contributed by atoms with E-state index >= 15 is 0 Å². The van der Waals surface area contributed by atoms with Gasteiger partial charge in [-0.1, -0.05) is 13.8 Å². The molecule has 76 valence electrons. The first-order valence-electron chi connectivity index (χ1n) is 4.29. The summed E-state index contributed by atoms with van der Waals surface area (Å²) in [5.74, 6) is -0.661. The average molecular weight is 196 g/mol. The minimum Gasteiger partial charge on any atom is -0.477 e. The quantitative estimate of drug-likeness (QED) is 0.783. The van der Waals surface area contributed by atoms with Crippen LogP contribution in [0.2, 0.25) is 0 Å². The minimum absolute atomic E-state index is 0.0423. The van der Waals surface area contributed by atoms with Crippen molar-refractivity contribution in [3.63, 3.8) is 0 Å². The van der Waals surface area contributed by atoms with Crippen molar-refractivity contribution in [2.75, 3.05) is 6.61 Å². The monoisotopic (exact) mass is 196 g/mol. The fraction of sp³-hybridized carbons (Fsp3) is 0.444. The number of rotatable bonds is 4. The van der Waals surface area contributed by atoms with E-state index in [1.165, 1.54) is 12.3 Å². The van der Waals surface area contributed by atoms with Gasteiger partial charge in [0.15, 0.2) is 0 Å². The highest BCUT2D eigenvalue weighted by Gasteiger charge is 2.12. The molecule has 0 radical (unpaired) electrons. The van der Waals surface area contributed by atoms with E-state index in [2.05, 4.69) is 10.2 Å². The van der Waals surface area contributed by atoms with E-state index in [4.69, 9.17) is 9.84 Å². The molecule has 0 spiro atoms. The molecule has 0 saturated carbocycles. The predicted octanol–water partition coefficient (Wildman–Crippen LogP) is 1.21. The molecule has 5 heteroatoms. The van der Waals surface area contributed by atoms with E-state index < -0.39 is 5.97 Å². The largest absolute Gasteiger partial charge is 0.477 e. The summed E-state index contributed by atoms with van der Waals surface area (Å²) in [4.78, 5) is 10.7. The predicted molar refractivity (Wildman–Crippen MR) is 49.3 cm³/mol. The summed E-state index contributed by atoms with van der Waals surface area (Å²) in [5, 5.41) is 16.0. The normalized spacial score (nSPS) is 10.2. The lowest BCUT2D eigenvalue weighted by Crippen LogP contribution is -2.10. The van der Waals surface area contributed by atoms with Crippen LogP contribution >= 0.6 is 0 Å². The highest BCUT2D eigenvalue weighted by atomic mass is 16.5. The molecule has 1 rings (SSSR count). The summed E-state index contributed by atoms with van der Waals surface area (Å²) in [7, 11) is 0. The molecule has 0 fully saturated rings. The molecule has 0 aliphatic carbocycles. The number of carboxylic acid groups (broad SMARTS) is 1. The van der Waals surface area contributed by atoms with Crippen molar-refractivity contribution in [1.29, 1.82) is 0 Å². The van der Waals surface area contributed by atoms with Crippen LogP contribution in [-0.4, -0.2) is 27.9 Å². The zero-order valence-corrected chi connectivity index (χ0v) is 8.10. The number of aromatic nitrogens is 2. The number of aromatic carboxylic acids is 1. The Bertz CT molecular complexity index is 326. The van der Waals surface area contributed by atoms with Crippen LogP contribution in [0.4, 0.5) is 0 Å². The van der Waals surface area contributed by atoms with Crippen LogP contribution in [0.1, 0.15) is 24.2 Å². The molecule has 0 atom stereocenters. The number of ether oxygens (including phenoxy) is 1. The fourth-order valence-corrected chi connectivity index (χ4v) is 0.834. The molecule has 1 aromatic heterocycles. The van der Waals surface area contributed by atoms with Crippen molar-refractivity contribution in [1.82, 2.24) is 10.2 Å². The van der Waals surface area contributed by atoms with Crippen LogP contribution in [0.25, 0.3) is 0 Å². The third kappa shape index (κ3) is 2.69. The second-order valence-electron chi connectivity index (χ2n) is 3.26. The van der Waals surface area contributed by atoms with E-state index in [1.807, 2.05) is 13.8 Å². The summed E-state index contributed by atoms with van der Waals surface area (Å²) in [6.45, 7) is 4.37. The number of carbonyl (C=O) groups is 1. The Morgan fingerprint density at radius 3 is 2.93 bits per heavy atom. The van der Waals surface area contributed by atoms with E-state index in [-0.39, 0.29) is 11.4 Å². The first-order valence-corrected chi connectivity index (χ1v) is 4.29. The van der Waals surface area contributed by atoms with Crippen LogP contribution in [-0.2, 0) is 0 Å². The van der Waals surface area contributed by atoms with Gasteiger partial charge in [-0.3, -0.25) is 0 Å². The first kappa shape index (κ1) is 10.4. The average Bonchev–Trinajstić information content (AvgIpc) is 2.15. The van der Waals surface area contributed by atoms with E-state index in [0.29, 0.717) is 12.5 Å². The summed E-state index contributed by atoms with van der Waals surface area (Å²) >= 11 is 0. The Kier molecular flexibility index (Phi) is 3.39. The van der Waals surface area contributed by atoms with Crippen molar-refractivity contribution in [3.8, 4) is 5.88 Å². The highest BCUT2D eigenvalue weighted by molar-refractivity contribution is 5.89. The Labute approximate surface area is 81.7 Å². The van der Waals surface area contributed by atoms with Gasteiger partial charge >= 0.3 is 5.97 Å². The van der Waals surface area contributed by atoms with Gasteiger partial charge in [-0.05, 0) is 12.0 Å². The summed E-state index contributed by atoms with van der Waals surface area (Å²) in [6, 6.07) is 1.37. The number of carboxylic acids is 1. The Balaban J connectivity index is 2.79. The second kappa shape index (κ2) is 4.55. The fourth-order valence-electron chi connectivity index (χ4n) is 0.834. The van der Waals surface area contributed by atoms with Gasteiger partial charge in [0.2, 0.25) is 5.88 Å². The van der Waals surface area contributed by atoms with Crippen molar-refractivity contribution >= 4 is 5.97 Å². The SMILES string of the molecule is CC(C)COc1nnccc1C(=O)O. The van der Waals surface area contributed by atoms with E-state index in [1.54, 1.807) is 0 Å². The molecule has 0 aliphatic rings.